The van der Waals surface area contributed by atoms with Crippen LogP contribution >= 0.6 is 46.4 Å². The Morgan fingerprint density at radius 2 is 1.09 bits per heavy atom. The molecule has 18 heteroatoms. The average Bonchev–Trinajstić information content (AvgIpc) is 3.58. The van der Waals surface area contributed by atoms with Gasteiger partial charge in [-0.3, -0.25) is 20.2 Å². The lowest BCUT2D eigenvalue weighted by Gasteiger charge is -2.06. The van der Waals surface area contributed by atoms with E-state index >= 15 is 0 Å². The van der Waals surface area contributed by atoms with E-state index in [0.717, 1.165) is 6.07 Å². The molecule has 0 unspecified atom stereocenters. The number of nitro groups is 2. The molecule has 0 spiro atoms. The van der Waals surface area contributed by atoms with E-state index in [-0.39, 0.29) is 17.1 Å². The number of methoxy groups -OCH3 is 1. The summed E-state index contributed by atoms with van der Waals surface area (Å²) in [4.78, 5) is 35.0. The predicted molar refractivity (Wildman–Crippen MR) is 168 cm³/mol. The molecule has 0 radical (unpaired) electrons. The van der Waals surface area contributed by atoms with Gasteiger partial charge in [-0.1, -0.05) is 46.4 Å². The first kappa shape index (κ1) is 31.4. The lowest BCUT2D eigenvalue weighted by Crippen LogP contribution is -1.94. The minimum Gasteiger partial charge on any atom is -0.504 e. The van der Waals surface area contributed by atoms with Gasteiger partial charge in [0.1, 0.15) is 11.6 Å². The third-order valence-electron chi connectivity index (χ3n) is 6.33. The average molecular weight is 694 g/mol. The Morgan fingerprint density at radius 3 is 1.53 bits per heavy atom. The first-order valence-electron chi connectivity index (χ1n) is 12.2. The summed E-state index contributed by atoms with van der Waals surface area (Å²) in [6, 6.07) is 11.3. The summed E-state index contributed by atoms with van der Waals surface area (Å²) in [7, 11) is 1.31. The molecule has 2 aromatic heterocycles. The first-order chi connectivity index (χ1) is 21.3. The Kier molecular flexibility index (Phi) is 8.49. The Balaban J connectivity index is 0.000000178. The molecule has 230 valence electrons. The summed E-state index contributed by atoms with van der Waals surface area (Å²) >= 11 is 23.7. The number of nitrogens with one attached hydrogen (secondary N) is 2. The molecule has 0 atom stereocenters. The number of phenols is 3. The van der Waals surface area contributed by atoms with Crippen LogP contribution in [0.3, 0.4) is 0 Å². The van der Waals surface area contributed by atoms with Crippen molar-refractivity contribution in [3.05, 3.63) is 88.9 Å². The van der Waals surface area contributed by atoms with Crippen molar-refractivity contribution in [2.24, 2.45) is 0 Å². The smallest absolute Gasteiger partial charge is 0.315 e. The van der Waals surface area contributed by atoms with E-state index < -0.39 is 38.5 Å². The Hall–Kier alpha value is -5.02. The van der Waals surface area contributed by atoms with E-state index in [2.05, 4.69) is 19.9 Å². The molecular weight excluding hydrogens is 678 g/mol. The zero-order chi connectivity index (χ0) is 32.7. The number of aromatic amines is 2. The lowest BCUT2D eigenvalue weighted by molar-refractivity contribution is -0.386. The fraction of sp³-hybridized carbons (Fsp3) is 0.0370. The number of hydrogen-bond acceptors (Lipinski definition) is 10. The van der Waals surface area contributed by atoms with E-state index in [4.69, 9.17) is 51.1 Å². The van der Waals surface area contributed by atoms with Crippen LogP contribution < -0.4 is 4.74 Å². The molecule has 4 aromatic carbocycles. The monoisotopic (exact) mass is 692 g/mol. The molecule has 0 aliphatic carbocycles. The number of imidazole rings is 2. The van der Waals surface area contributed by atoms with Gasteiger partial charge in [0.25, 0.3) is 0 Å². The molecule has 0 aliphatic heterocycles. The summed E-state index contributed by atoms with van der Waals surface area (Å²) in [6.45, 7) is 0. The van der Waals surface area contributed by atoms with Crippen molar-refractivity contribution in [3.63, 3.8) is 0 Å². The number of benzene rings is 4. The molecule has 0 aliphatic rings. The standard InChI is InChI=1S/C14H9Cl2N3O4.C13H7Cl2N3O4/c1-23-12-3-6(2-11(13(12)20)19(21)22)14-17-9-4-7(15)8(16)5-10(9)18-14;14-6-3-8-9(4-7(6)15)17-13(16-8)5-1-10(18(21)22)12(20)11(19)2-5/h2-5,20H,1H3,(H,17,18);1-4,19-20H,(H,16,17). The van der Waals surface area contributed by atoms with Crippen molar-refractivity contribution in [2.45, 2.75) is 0 Å². The van der Waals surface area contributed by atoms with Gasteiger partial charge >= 0.3 is 11.4 Å². The highest BCUT2D eigenvalue weighted by Crippen LogP contribution is 2.41. The summed E-state index contributed by atoms with van der Waals surface area (Å²) in [6.07, 6.45) is 0. The van der Waals surface area contributed by atoms with Gasteiger partial charge in [0, 0.05) is 23.3 Å². The maximum atomic E-state index is 11.1. The van der Waals surface area contributed by atoms with Gasteiger partial charge in [0.15, 0.2) is 11.5 Å². The van der Waals surface area contributed by atoms with Crippen molar-refractivity contribution in [3.8, 4) is 45.8 Å². The van der Waals surface area contributed by atoms with Crippen LogP contribution in [0.5, 0.6) is 23.0 Å². The molecule has 2 heterocycles. The van der Waals surface area contributed by atoms with Crippen molar-refractivity contribution in [2.75, 3.05) is 7.11 Å². The molecule has 0 fully saturated rings. The second-order valence-corrected chi connectivity index (χ2v) is 10.8. The highest BCUT2D eigenvalue weighted by Gasteiger charge is 2.23. The minimum atomic E-state index is -0.797. The fourth-order valence-electron chi connectivity index (χ4n) is 4.19. The SMILES string of the molecule is COc1cc(-c2nc3cc(Cl)c(Cl)cc3[nH]2)cc([N+](=O)[O-])c1O.O=[N+]([O-])c1cc(-c2nc3cc(Cl)c(Cl)cc3[nH]2)cc(O)c1O. The van der Waals surface area contributed by atoms with Crippen LogP contribution in [0.15, 0.2) is 48.5 Å². The molecule has 0 saturated carbocycles. The Labute approximate surface area is 270 Å². The van der Waals surface area contributed by atoms with E-state index in [9.17, 15) is 35.5 Å². The summed E-state index contributed by atoms with van der Waals surface area (Å²) in [5, 5.41) is 52.2. The topological polar surface area (TPSA) is 214 Å². The van der Waals surface area contributed by atoms with Crippen molar-refractivity contribution in [1.82, 2.24) is 19.9 Å². The molecule has 14 nitrogen and oxygen atoms in total. The van der Waals surface area contributed by atoms with Crippen LogP contribution in [-0.2, 0) is 0 Å². The number of ether oxygens (including phenoxy) is 1. The Bertz CT molecular complexity index is 2090. The molecule has 0 amide bonds. The maximum Gasteiger partial charge on any atom is 0.315 e. The van der Waals surface area contributed by atoms with Crippen molar-refractivity contribution in [1.29, 1.82) is 0 Å². The van der Waals surface area contributed by atoms with E-state index in [1.807, 2.05) is 0 Å². The number of phenolic OH excluding ortho intramolecular Hbond substituents is 3. The summed E-state index contributed by atoms with van der Waals surface area (Å²) in [5.41, 5.74) is 1.81. The zero-order valence-electron chi connectivity index (χ0n) is 22.3. The third-order valence-corrected chi connectivity index (χ3v) is 7.78. The predicted octanol–water partition coefficient (Wildman–Crippen LogP) is 8.02. The number of nitro benzene ring substituents is 2. The fourth-order valence-corrected chi connectivity index (χ4v) is 4.83. The van der Waals surface area contributed by atoms with Gasteiger partial charge in [0.2, 0.25) is 11.5 Å². The second kappa shape index (κ2) is 12.2. The number of fused-ring (bicyclic) bond motifs is 2. The number of aromatic hydroxyl groups is 3. The third kappa shape index (κ3) is 6.17. The number of nitrogens with zero attached hydrogens (tertiary/aromatic N) is 4. The van der Waals surface area contributed by atoms with Crippen LogP contribution in [0.2, 0.25) is 20.1 Å². The van der Waals surface area contributed by atoms with E-state index in [1.54, 1.807) is 24.3 Å². The Morgan fingerprint density at radius 1 is 0.667 bits per heavy atom. The van der Waals surface area contributed by atoms with Gasteiger partial charge in [-0.25, -0.2) is 9.97 Å². The van der Waals surface area contributed by atoms with E-state index in [0.29, 0.717) is 53.5 Å². The second-order valence-electron chi connectivity index (χ2n) is 9.16. The molecule has 6 aromatic rings. The first-order valence-corrected chi connectivity index (χ1v) is 13.7. The van der Waals surface area contributed by atoms with Crippen molar-refractivity contribution < 1.29 is 29.9 Å². The van der Waals surface area contributed by atoms with Gasteiger partial charge in [-0.05, 0) is 36.4 Å². The van der Waals surface area contributed by atoms with Crippen molar-refractivity contribution >= 4 is 79.8 Å². The number of hydrogen-bond donors (Lipinski definition) is 5. The van der Waals surface area contributed by atoms with E-state index in [1.165, 1.54) is 25.3 Å². The van der Waals surface area contributed by atoms with Gasteiger partial charge in [-0.15, -0.1) is 0 Å². The van der Waals surface area contributed by atoms with Gasteiger partial charge in [0.05, 0.1) is 59.1 Å². The zero-order valence-corrected chi connectivity index (χ0v) is 25.3. The summed E-state index contributed by atoms with van der Waals surface area (Å²) < 4.78 is 4.97. The normalized spacial score (nSPS) is 11.0. The molecule has 0 saturated heterocycles. The molecule has 5 N–H and O–H groups in total. The number of aromatic nitrogens is 4. The van der Waals surface area contributed by atoms with Crippen LogP contribution in [0, 0.1) is 20.2 Å². The van der Waals surface area contributed by atoms with Crippen LogP contribution in [-0.4, -0.2) is 52.2 Å². The highest BCUT2D eigenvalue weighted by atomic mass is 35.5. The molecule has 45 heavy (non-hydrogen) atoms. The maximum absolute atomic E-state index is 11.1. The molecular formula is C27H16Cl4N6O8. The number of H-pyrrole nitrogens is 2. The lowest BCUT2D eigenvalue weighted by atomic mass is 10.1. The molecule has 6 rings (SSSR count). The minimum absolute atomic E-state index is 0.0225. The summed E-state index contributed by atoms with van der Waals surface area (Å²) in [5.74, 6) is -1.34. The number of halogens is 4. The quantitative estimate of drug-likeness (QED) is 0.0666. The van der Waals surface area contributed by atoms with Gasteiger partial charge < -0.3 is 30.0 Å². The molecule has 0 bridgehead atoms. The highest BCUT2D eigenvalue weighted by molar-refractivity contribution is 6.43. The largest absolute Gasteiger partial charge is 0.504 e. The van der Waals surface area contributed by atoms with Gasteiger partial charge in [-0.2, -0.15) is 0 Å². The van der Waals surface area contributed by atoms with Crippen LogP contribution in [0.25, 0.3) is 44.8 Å². The van der Waals surface area contributed by atoms with Crippen LogP contribution in [0.1, 0.15) is 0 Å². The van der Waals surface area contributed by atoms with Crippen LogP contribution in [0.4, 0.5) is 11.4 Å². The number of rotatable bonds is 5.